The number of benzene rings is 2. The van der Waals surface area contributed by atoms with Gasteiger partial charge in [0.2, 0.25) is 0 Å². The summed E-state index contributed by atoms with van der Waals surface area (Å²) in [6.45, 7) is 0.475. The first-order valence-corrected chi connectivity index (χ1v) is 6.57. The second-order valence-electron chi connectivity index (χ2n) is 3.50. The van der Waals surface area contributed by atoms with Crippen LogP contribution in [0.25, 0.3) is 0 Å². The van der Waals surface area contributed by atoms with Crippen LogP contribution in [0.3, 0.4) is 0 Å². The number of ether oxygens (including phenoxy) is 1. The lowest BCUT2D eigenvalue weighted by atomic mass is 10.2. The summed E-state index contributed by atoms with van der Waals surface area (Å²) >= 11 is 8.35. The monoisotopic (exact) mass is 359 g/mol. The summed E-state index contributed by atoms with van der Waals surface area (Å²) in [5.74, 6) is 1.45. The molecule has 0 saturated heterocycles. The van der Waals surface area contributed by atoms with Crippen molar-refractivity contribution >= 4 is 34.2 Å². The molecular weight excluding hydrogens is 349 g/mol. The Kier molecular flexibility index (Phi) is 4.25. The van der Waals surface area contributed by atoms with Crippen LogP contribution in [0.5, 0.6) is 11.5 Å². The molecule has 2 N–H and O–H groups in total. The SMILES string of the molecule is NCc1ccc(Oc2ccccc2I)c(Cl)c1. The Morgan fingerprint density at radius 3 is 2.53 bits per heavy atom. The van der Waals surface area contributed by atoms with E-state index in [0.717, 1.165) is 14.9 Å². The summed E-state index contributed by atoms with van der Waals surface area (Å²) in [5.41, 5.74) is 6.54. The average molecular weight is 360 g/mol. The second-order valence-corrected chi connectivity index (χ2v) is 5.07. The number of rotatable bonds is 3. The molecule has 0 saturated carbocycles. The van der Waals surface area contributed by atoms with E-state index in [0.29, 0.717) is 17.3 Å². The molecule has 2 aromatic rings. The van der Waals surface area contributed by atoms with Crippen LogP contribution < -0.4 is 10.5 Å². The maximum absolute atomic E-state index is 6.13. The summed E-state index contributed by atoms with van der Waals surface area (Å²) in [6, 6.07) is 13.4. The van der Waals surface area contributed by atoms with Gasteiger partial charge in [-0.1, -0.05) is 29.8 Å². The van der Waals surface area contributed by atoms with Gasteiger partial charge in [-0.05, 0) is 52.4 Å². The van der Waals surface area contributed by atoms with E-state index < -0.39 is 0 Å². The van der Waals surface area contributed by atoms with E-state index in [4.69, 9.17) is 22.1 Å². The van der Waals surface area contributed by atoms with E-state index in [-0.39, 0.29) is 0 Å². The van der Waals surface area contributed by atoms with Crippen molar-refractivity contribution in [3.05, 3.63) is 56.6 Å². The van der Waals surface area contributed by atoms with E-state index in [1.54, 1.807) is 0 Å². The maximum Gasteiger partial charge on any atom is 0.146 e. The number of hydrogen-bond donors (Lipinski definition) is 1. The van der Waals surface area contributed by atoms with Gasteiger partial charge in [0, 0.05) is 6.54 Å². The quantitative estimate of drug-likeness (QED) is 0.834. The highest BCUT2D eigenvalue weighted by Crippen LogP contribution is 2.32. The maximum atomic E-state index is 6.13. The van der Waals surface area contributed by atoms with E-state index in [1.807, 2.05) is 42.5 Å². The standard InChI is InChI=1S/C13H11ClINO/c14-10-7-9(8-16)5-6-12(10)17-13-4-2-1-3-11(13)15/h1-7H,8,16H2. The topological polar surface area (TPSA) is 35.2 Å². The first-order chi connectivity index (χ1) is 8.20. The molecule has 0 heterocycles. The van der Waals surface area contributed by atoms with E-state index in [2.05, 4.69) is 22.6 Å². The minimum atomic E-state index is 0.475. The number of para-hydroxylation sites is 1. The van der Waals surface area contributed by atoms with Crippen LogP contribution in [-0.4, -0.2) is 0 Å². The van der Waals surface area contributed by atoms with Crippen molar-refractivity contribution in [1.82, 2.24) is 0 Å². The summed E-state index contributed by atoms with van der Waals surface area (Å²) in [5, 5.41) is 0.576. The molecule has 88 valence electrons. The van der Waals surface area contributed by atoms with Crippen molar-refractivity contribution in [2.45, 2.75) is 6.54 Å². The third kappa shape index (κ3) is 3.12. The molecule has 0 unspecified atom stereocenters. The highest BCUT2D eigenvalue weighted by atomic mass is 127. The molecule has 2 aromatic carbocycles. The van der Waals surface area contributed by atoms with Crippen molar-refractivity contribution < 1.29 is 4.74 Å². The average Bonchev–Trinajstić information content (AvgIpc) is 2.34. The van der Waals surface area contributed by atoms with Crippen LogP contribution in [0.1, 0.15) is 5.56 Å². The van der Waals surface area contributed by atoms with Crippen LogP contribution in [0.15, 0.2) is 42.5 Å². The second kappa shape index (κ2) is 5.71. The fraction of sp³-hybridized carbons (Fsp3) is 0.0769. The fourth-order valence-corrected chi connectivity index (χ4v) is 2.14. The lowest BCUT2D eigenvalue weighted by Gasteiger charge is -2.09. The van der Waals surface area contributed by atoms with Gasteiger partial charge in [0.15, 0.2) is 0 Å². The number of halogens is 2. The molecule has 0 aliphatic rings. The molecule has 0 amide bonds. The van der Waals surface area contributed by atoms with Gasteiger partial charge in [0.05, 0.1) is 8.59 Å². The molecule has 0 aliphatic heterocycles. The minimum absolute atomic E-state index is 0.475. The molecule has 17 heavy (non-hydrogen) atoms. The Labute approximate surface area is 119 Å². The first kappa shape index (κ1) is 12.7. The Balaban J connectivity index is 2.28. The van der Waals surface area contributed by atoms with Crippen molar-refractivity contribution in [2.75, 3.05) is 0 Å². The third-order valence-electron chi connectivity index (χ3n) is 2.29. The highest BCUT2D eigenvalue weighted by molar-refractivity contribution is 14.1. The van der Waals surface area contributed by atoms with Crippen LogP contribution in [0, 0.1) is 3.57 Å². The fourth-order valence-electron chi connectivity index (χ4n) is 1.40. The molecule has 0 spiro atoms. The lowest BCUT2D eigenvalue weighted by Crippen LogP contribution is -1.96. The molecule has 2 rings (SSSR count). The Morgan fingerprint density at radius 2 is 1.88 bits per heavy atom. The molecule has 2 nitrogen and oxygen atoms in total. The molecule has 0 aromatic heterocycles. The summed E-state index contributed by atoms with van der Waals surface area (Å²) in [4.78, 5) is 0. The van der Waals surface area contributed by atoms with Crippen molar-refractivity contribution in [3.63, 3.8) is 0 Å². The van der Waals surface area contributed by atoms with Gasteiger partial charge < -0.3 is 10.5 Å². The van der Waals surface area contributed by atoms with Crippen LogP contribution in [-0.2, 0) is 6.54 Å². The molecule has 0 atom stereocenters. The van der Waals surface area contributed by atoms with Crippen LogP contribution in [0.4, 0.5) is 0 Å². The van der Waals surface area contributed by atoms with Gasteiger partial charge in [-0.3, -0.25) is 0 Å². The number of nitrogens with two attached hydrogens (primary N) is 1. The molecule has 0 radical (unpaired) electrons. The third-order valence-corrected chi connectivity index (χ3v) is 3.48. The van der Waals surface area contributed by atoms with Gasteiger partial charge in [0.25, 0.3) is 0 Å². The molecule has 4 heteroatoms. The Hall–Kier alpha value is -0.780. The van der Waals surface area contributed by atoms with Crippen LogP contribution in [0.2, 0.25) is 5.02 Å². The number of hydrogen-bond acceptors (Lipinski definition) is 2. The zero-order valence-electron chi connectivity index (χ0n) is 8.99. The smallest absolute Gasteiger partial charge is 0.146 e. The van der Waals surface area contributed by atoms with Crippen LogP contribution >= 0.6 is 34.2 Å². The zero-order valence-corrected chi connectivity index (χ0v) is 11.9. The molecule has 0 fully saturated rings. The van der Waals surface area contributed by atoms with Crippen molar-refractivity contribution in [3.8, 4) is 11.5 Å². The molecule has 0 aliphatic carbocycles. The van der Waals surface area contributed by atoms with Gasteiger partial charge in [-0.2, -0.15) is 0 Å². The van der Waals surface area contributed by atoms with E-state index >= 15 is 0 Å². The van der Waals surface area contributed by atoms with Gasteiger partial charge >= 0.3 is 0 Å². The van der Waals surface area contributed by atoms with Gasteiger partial charge in [-0.15, -0.1) is 0 Å². The first-order valence-electron chi connectivity index (χ1n) is 5.11. The predicted molar refractivity (Wildman–Crippen MR) is 78.6 cm³/mol. The molecular formula is C13H11ClINO. The normalized spacial score (nSPS) is 10.3. The van der Waals surface area contributed by atoms with Gasteiger partial charge in [0.1, 0.15) is 11.5 Å². The highest BCUT2D eigenvalue weighted by Gasteiger charge is 2.06. The van der Waals surface area contributed by atoms with E-state index in [1.165, 1.54) is 0 Å². The van der Waals surface area contributed by atoms with Crippen molar-refractivity contribution in [1.29, 1.82) is 0 Å². The zero-order chi connectivity index (χ0) is 12.3. The van der Waals surface area contributed by atoms with Gasteiger partial charge in [-0.25, -0.2) is 0 Å². The van der Waals surface area contributed by atoms with E-state index in [9.17, 15) is 0 Å². The summed E-state index contributed by atoms with van der Waals surface area (Å²) in [7, 11) is 0. The van der Waals surface area contributed by atoms with Crippen molar-refractivity contribution in [2.24, 2.45) is 5.73 Å². The minimum Gasteiger partial charge on any atom is -0.455 e. The summed E-state index contributed by atoms with van der Waals surface area (Å²) in [6.07, 6.45) is 0. The largest absolute Gasteiger partial charge is 0.455 e. The predicted octanol–water partition coefficient (Wildman–Crippen LogP) is 4.20. The Bertz CT molecular complexity index is 531. The lowest BCUT2D eigenvalue weighted by molar-refractivity contribution is 0.479. The summed E-state index contributed by atoms with van der Waals surface area (Å²) < 4.78 is 6.80. The molecule has 0 bridgehead atoms. The Morgan fingerprint density at radius 1 is 1.12 bits per heavy atom.